The van der Waals surface area contributed by atoms with Crippen LogP contribution in [0.2, 0.25) is 0 Å². The zero-order chi connectivity index (χ0) is 28.1. The Bertz CT molecular complexity index is 1720. The highest BCUT2D eigenvalue weighted by molar-refractivity contribution is 5.82. The molecular weight excluding hydrogens is 504 g/mol. The molecule has 0 unspecified atom stereocenters. The average Bonchev–Trinajstić information content (AvgIpc) is 3.44. The summed E-state index contributed by atoms with van der Waals surface area (Å²) in [6.45, 7) is 5.91. The Morgan fingerprint density at radius 2 is 1.73 bits per heavy atom. The number of carboxylic acid groups (broad SMARTS) is 1. The molecule has 2 heterocycles. The zero-order valence-electron chi connectivity index (χ0n) is 22.3. The maximum Gasteiger partial charge on any atom is 0.303 e. The van der Waals surface area contributed by atoms with Gasteiger partial charge < -0.3 is 9.63 Å². The Morgan fingerprint density at radius 3 is 2.45 bits per heavy atom. The monoisotopic (exact) mass is 534 g/mol. The van der Waals surface area contributed by atoms with Gasteiger partial charge in [0.05, 0.1) is 16.6 Å². The molecule has 8 nitrogen and oxygen atoms in total. The molecule has 202 valence electrons. The van der Waals surface area contributed by atoms with Gasteiger partial charge in [-0.2, -0.15) is 4.98 Å². The molecular formula is C32H30N4O4. The Morgan fingerprint density at radius 1 is 0.950 bits per heavy atom. The van der Waals surface area contributed by atoms with Crippen molar-refractivity contribution in [2.24, 2.45) is 0 Å². The predicted octanol–water partition coefficient (Wildman–Crippen LogP) is 6.05. The number of carboxylic acids is 1. The van der Waals surface area contributed by atoms with Crippen molar-refractivity contribution in [3.63, 3.8) is 0 Å². The number of allylic oxidation sites excluding steroid dienone is 1. The number of hydrogen-bond donors (Lipinski definition) is 1. The Hall–Kier alpha value is -4.85. The zero-order valence-corrected chi connectivity index (χ0v) is 22.3. The van der Waals surface area contributed by atoms with Crippen LogP contribution in [0.1, 0.15) is 49.0 Å². The third kappa shape index (κ3) is 6.07. The maximum atomic E-state index is 13.7. The van der Waals surface area contributed by atoms with Gasteiger partial charge in [-0.1, -0.05) is 59.8 Å². The fraction of sp³-hybridized carbons (Fsp3) is 0.219. The molecule has 0 fully saturated rings. The lowest BCUT2D eigenvalue weighted by Gasteiger charge is -2.14. The van der Waals surface area contributed by atoms with E-state index in [0.717, 1.165) is 17.6 Å². The molecule has 0 bridgehead atoms. The summed E-state index contributed by atoms with van der Waals surface area (Å²) >= 11 is 0. The first-order valence-electron chi connectivity index (χ1n) is 13.3. The molecule has 0 saturated heterocycles. The second-order valence-corrected chi connectivity index (χ2v) is 9.83. The molecule has 0 spiro atoms. The number of nitrogens with zero attached hydrogens (tertiary/aromatic N) is 4. The van der Waals surface area contributed by atoms with E-state index in [0.29, 0.717) is 65.4 Å². The normalized spacial score (nSPS) is 11.1. The number of aliphatic carboxylic acids is 1. The number of hydrogen-bond acceptors (Lipinski definition) is 6. The molecule has 8 heteroatoms. The number of benzene rings is 3. The van der Waals surface area contributed by atoms with E-state index in [9.17, 15) is 9.59 Å². The highest BCUT2D eigenvalue weighted by atomic mass is 16.5. The number of carbonyl (C=O) groups is 1. The number of fused-ring (bicyclic) bond motifs is 1. The summed E-state index contributed by atoms with van der Waals surface area (Å²) in [4.78, 5) is 34.2. The van der Waals surface area contributed by atoms with E-state index in [1.54, 1.807) is 22.8 Å². The minimum absolute atomic E-state index is 0.0685. The second-order valence-electron chi connectivity index (χ2n) is 9.83. The van der Waals surface area contributed by atoms with Gasteiger partial charge in [-0.15, -0.1) is 0 Å². The summed E-state index contributed by atoms with van der Waals surface area (Å²) in [5.74, 6) is 0.706. The first-order valence-corrected chi connectivity index (χ1v) is 13.3. The first-order chi connectivity index (χ1) is 19.4. The van der Waals surface area contributed by atoms with E-state index in [1.165, 1.54) is 5.56 Å². The third-order valence-corrected chi connectivity index (χ3v) is 6.79. The molecule has 5 aromatic rings. The van der Waals surface area contributed by atoms with E-state index < -0.39 is 5.97 Å². The van der Waals surface area contributed by atoms with Crippen LogP contribution in [-0.2, 0) is 24.1 Å². The second kappa shape index (κ2) is 11.9. The SMILES string of the molecule is C=C(C)c1ccc(-n2c(CCCCC(=O)O)nc3cc(-c4nc(CCc5ccccc5)no4)ccc3c2=O)cc1. The minimum atomic E-state index is -0.841. The van der Waals surface area contributed by atoms with Crippen LogP contribution < -0.4 is 5.56 Å². The third-order valence-electron chi connectivity index (χ3n) is 6.79. The van der Waals surface area contributed by atoms with Crippen molar-refractivity contribution in [1.29, 1.82) is 0 Å². The van der Waals surface area contributed by atoms with Crippen LogP contribution in [0.25, 0.3) is 33.6 Å². The van der Waals surface area contributed by atoms with Crippen LogP contribution in [0.15, 0.2) is 88.7 Å². The lowest BCUT2D eigenvalue weighted by Crippen LogP contribution is -2.24. The van der Waals surface area contributed by atoms with Gasteiger partial charge in [0.15, 0.2) is 5.82 Å². The molecule has 40 heavy (non-hydrogen) atoms. The molecule has 2 aromatic heterocycles. The molecule has 0 aliphatic carbocycles. The van der Waals surface area contributed by atoms with Gasteiger partial charge >= 0.3 is 5.97 Å². The quantitative estimate of drug-likeness (QED) is 0.205. The topological polar surface area (TPSA) is 111 Å². The maximum absolute atomic E-state index is 13.7. The number of unbranched alkanes of at least 4 members (excludes halogenated alkanes) is 1. The van der Waals surface area contributed by atoms with E-state index in [2.05, 4.69) is 28.9 Å². The Balaban J connectivity index is 1.47. The molecule has 0 amide bonds. The summed E-state index contributed by atoms with van der Waals surface area (Å²) in [5, 5.41) is 13.6. The molecule has 5 rings (SSSR count). The smallest absolute Gasteiger partial charge is 0.303 e. The fourth-order valence-corrected chi connectivity index (χ4v) is 4.63. The summed E-state index contributed by atoms with van der Waals surface area (Å²) in [6.07, 6.45) is 3.05. The van der Waals surface area contributed by atoms with Crippen LogP contribution >= 0.6 is 0 Å². The Kier molecular flexibility index (Phi) is 7.96. The molecule has 1 N–H and O–H groups in total. The van der Waals surface area contributed by atoms with Gasteiger partial charge in [-0.05, 0) is 67.6 Å². The predicted molar refractivity (Wildman–Crippen MR) is 154 cm³/mol. The fourth-order valence-electron chi connectivity index (χ4n) is 4.63. The van der Waals surface area contributed by atoms with Crippen LogP contribution in [0.3, 0.4) is 0 Å². The van der Waals surface area contributed by atoms with Crippen LogP contribution in [0.4, 0.5) is 0 Å². The minimum Gasteiger partial charge on any atom is -0.481 e. The lowest BCUT2D eigenvalue weighted by molar-refractivity contribution is -0.137. The molecule has 0 radical (unpaired) electrons. The van der Waals surface area contributed by atoms with Gasteiger partial charge in [-0.3, -0.25) is 14.2 Å². The molecule has 0 aliphatic rings. The van der Waals surface area contributed by atoms with Crippen molar-refractivity contribution in [2.45, 2.75) is 45.4 Å². The first kappa shape index (κ1) is 26.7. The van der Waals surface area contributed by atoms with Crippen LogP contribution in [-0.4, -0.2) is 30.8 Å². The van der Waals surface area contributed by atoms with Gasteiger partial charge in [0, 0.05) is 24.8 Å². The van der Waals surface area contributed by atoms with E-state index in [1.807, 2.05) is 49.4 Å². The largest absolute Gasteiger partial charge is 0.481 e. The van der Waals surface area contributed by atoms with Crippen molar-refractivity contribution in [3.05, 3.63) is 113 Å². The lowest BCUT2D eigenvalue weighted by atomic mass is 10.1. The summed E-state index contributed by atoms with van der Waals surface area (Å²) in [6, 6.07) is 23.1. The van der Waals surface area contributed by atoms with Gasteiger partial charge in [0.1, 0.15) is 5.82 Å². The van der Waals surface area contributed by atoms with E-state index in [4.69, 9.17) is 14.6 Å². The standard InChI is InChI=1S/C32H30N4O4/c1-21(2)23-13-16-25(17-14-23)36-29(10-6-7-11-30(37)38)33-27-20-24(15-18-26(27)32(36)39)31-34-28(35-40-31)19-12-22-8-4-3-5-9-22/h3-5,8-9,13-18,20H,1,6-7,10-12,19H2,2H3,(H,37,38). The summed E-state index contributed by atoms with van der Waals surface area (Å²) in [5.41, 5.74) is 4.82. The molecule has 0 atom stereocenters. The number of aromatic nitrogens is 4. The van der Waals surface area contributed by atoms with Gasteiger partial charge in [-0.25, -0.2) is 4.98 Å². The van der Waals surface area contributed by atoms with Crippen molar-refractivity contribution >= 4 is 22.4 Å². The van der Waals surface area contributed by atoms with Crippen LogP contribution in [0, 0.1) is 0 Å². The van der Waals surface area contributed by atoms with Crippen LogP contribution in [0.5, 0.6) is 0 Å². The summed E-state index contributed by atoms with van der Waals surface area (Å²) in [7, 11) is 0. The highest BCUT2D eigenvalue weighted by Crippen LogP contribution is 2.23. The van der Waals surface area contributed by atoms with Crippen molar-refractivity contribution in [2.75, 3.05) is 0 Å². The number of rotatable bonds is 11. The molecule has 3 aromatic carbocycles. The Labute approximate surface area is 231 Å². The molecule has 0 aliphatic heterocycles. The molecule has 0 saturated carbocycles. The summed E-state index contributed by atoms with van der Waals surface area (Å²) < 4.78 is 7.15. The highest BCUT2D eigenvalue weighted by Gasteiger charge is 2.16. The van der Waals surface area contributed by atoms with Crippen molar-refractivity contribution < 1.29 is 14.4 Å². The number of aryl methyl sites for hydroxylation is 3. The average molecular weight is 535 g/mol. The van der Waals surface area contributed by atoms with Gasteiger partial charge in [0.25, 0.3) is 11.4 Å². The van der Waals surface area contributed by atoms with Crippen molar-refractivity contribution in [3.8, 4) is 17.1 Å². The van der Waals surface area contributed by atoms with Gasteiger partial charge in [0.2, 0.25) is 0 Å². The van der Waals surface area contributed by atoms with Crippen molar-refractivity contribution in [1.82, 2.24) is 19.7 Å². The van der Waals surface area contributed by atoms with E-state index in [-0.39, 0.29) is 12.0 Å². The van der Waals surface area contributed by atoms with E-state index >= 15 is 0 Å².